The third-order valence-electron chi connectivity index (χ3n) is 5.07. The molecule has 132 valence electrons. The second kappa shape index (κ2) is 6.80. The quantitative estimate of drug-likeness (QED) is 0.847. The van der Waals surface area contributed by atoms with Crippen molar-refractivity contribution in [3.05, 3.63) is 18.2 Å². The third kappa shape index (κ3) is 3.10. The monoisotopic (exact) mass is 334 g/mol. The van der Waals surface area contributed by atoms with Crippen LogP contribution in [0.15, 0.2) is 12.4 Å². The van der Waals surface area contributed by atoms with E-state index in [0.717, 1.165) is 18.9 Å². The summed E-state index contributed by atoms with van der Waals surface area (Å²) in [5.74, 6) is 0.960. The molecule has 0 aromatic carbocycles. The molecule has 2 saturated heterocycles. The average Bonchev–Trinajstić information content (AvgIpc) is 3.14. The van der Waals surface area contributed by atoms with E-state index in [1.54, 1.807) is 23.0 Å². The number of hydrogen-bond donors (Lipinski definition) is 1. The predicted octanol–water partition coefficient (Wildman–Crippen LogP) is 0.0390. The van der Waals surface area contributed by atoms with Crippen LogP contribution >= 0.6 is 0 Å². The van der Waals surface area contributed by atoms with Crippen molar-refractivity contribution in [2.24, 2.45) is 7.05 Å². The Bertz CT molecular complexity index is 615. The molecule has 2 aliphatic heterocycles. The van der Waals surface area contributed by atoms with Crippen molar-refractivity contribution < 1.29 is 9.59 Å². The number of nitrogens with one attached hydrogen (secondary N) is 1. The fourth-order valence-corrected chi connectivity index (χ4v) is 3.52. The van der Waals surface area contributed by atoms with Gasteiger partial charge in [0.05, 0.1) is 6.04 Å². The summed E-state index contributed by atoms with van der Waals surface area (Å²) in [6.07, 6.45) is 4.39. The minimum absolute atomic E-state index is 0.00352. The van der Waals surface area contributed by atoms with Crippen molar-refractivity contribution in [1.82, 2.24) is 29.6 Å². The Kier molecular flexibility index (Phi) is 4.75. The van der Waals surface area contributed by atoms with Gasteiger partial charge >= 0.3 is 6.03 Å². The molecule has 2 aliphatic rings. The molecular formula is C16H26N6O2. The van der Waals surface area contributed by atoms with Crippen molar-refractivity contribution in [2.45, 2.75) is 25.4 Å². The molecule has 8 nitrogen and oxygen atoms in total. The zero-order valence-corrected chi connectivity index (χ0v) is 14.6. The lowest BCUT2D eigenvalue weighted by Crippen LogP contribution is -2.55. The Morgan fingerprint density at radius 2 is 2.12 bits per heavy atom. The highest BCUT2D eigenvalue weighted by atomic mass is 16.2. The summed E-state index contributed by atoms with van der Waals surface area (Å²) in [5.41, 5.74) is 0. The number of imidazole rings is 1. The number of amides is 3. The molecular weight excluding hydrogens is 308 g/mol. The number of carbonyl (C=O) groups is 2. The van der Waals surface area contributed by atoms with Crippen molar-refractivity contribution in [3.8, 4) is 0 Å². The van der Waals surface area contributed by atoms with E-state index in [0.29, 0.717) is 26.1 Å². The molecule has 3 heterocycles. The van der Waals surface area contributed by atoms with Crippen LogP contribution in [0.5, 0.6) is 0 Å². The molecule has 2 fully saturated rings. The maximum atomic E-state index is 12.6. The molecule has 0 radical (unpaired) electrons. The van der Waals surface area contributed by atoms with Gasteiger partial charge in [0, 0.05) is 52.7 Å². The number of piperazine rings is 1. The molecule has 3 amide bonds. The van der Waals surface area contributed by atoms with Crippen LogP contribution in [0, 0.1) is 0 Å². The van der Waals surface area contributed by atoms with Gasteiger partial charge in [0.1, 0.15) is 11.9 Å². The first-order valence-electron chi connectivity index (χ1n) is 8.53. The van der Waals surface area contributed by atoms with Gasteiger partial charge in [-0.2, -0.15) is 0 Å². The van der Waals surface area contributed by atoms with E-state index in [1.165, 1.54) is 0 Å². The van der Waals surface area contributed by atoms with E-state index in [2.05, 4.69) is 22.1 Å². The van der Waals surface area contributed by atoms with Gasteiger partial charge in [0.2, 0.25) is 5.91 Å². The van der Waals surface area contributed by atoms with Gasteiger partial charge in [0.25, 0.3) is 0 Å². The Labute approximate surface area is 142 Å². The van der Waals surface area contributed by atoms with E-state index in [4.69, 9.17) is 0 Å². The second-order valence-corrected chi connectivity index (χ2v) is 6.54. The van der Waals surface area contributed by atoms with E-state index in [-0.39, 0.29) is 18.0 Å². The van der Waals surface area contributed by atoms with Crippen molar-refractivity contribution >= 4 is 11.9 Å². The van der Waals surface area contributed by atoms with Gasteiger partial charge < -0.3 is 19.7 Å². The Balaban J connectivity index is 1.67. The summed E-state index contributed by atoms with van der Waals surface area (Å²) in [5, 5.41) is 2.89. The van der Waals surface area contributed by atoms with Gasteiger partial charge in [-0.1, -0.05) is 6.92 Å². The maximum Gasteiger partial charge on any atom is 0.318 e. The van der Waals surface area contributed by atoms with Crippen molar-refractivity contribution in [3.63, 3.8) is 0 Å². The van der Waals surface area contributed by atoms with Crippen LogP contribution in [0.4, 0.5) is 4.79 Å². The fourth-order valence-electron chi connectivity index (χ4n) is 3.52. The van der Waals surface area contributed by atoms with Gasteiger partial charge in [-0.05, 0) is 13.0 Å². The van der Waals surface area contributed by atoms with Crippen molar-refractivity contribution in [1.29, 1.82) is 0 Å². The summed E-state index contributed by atoms with van der Waals surface area (Å²) in [6.45, 7) is 5.79. The van der Waals surface area contributed by atoms with Gasteiger partial charge in [-0.25, -0.2) is 9.78 Å². The van der Waals surface area contributed by atoms with E-state index >= 15 is 0 Å². The largest absolute Gasteiger partial charge is 0.344 e. The van der Waals surface area contributed by atoms with Crippen LogP contribution in [0.2, 0.25) is 0 Å². The van der Waals surface area contributed by atoms with Crippen LogP contribution in [-0.2, 0) is 11.8 Å². The Morgan fingerprint density at radius 3 is 2.71 bits per heavy atom. The number of nitrogens with zero attached hydrogens (tertiary/aromatic N) is 5. The molecule has 8 heteroatoms. The predicted molar refractivity (Wildman–Crippen MR) is 89.3 cm³/mol. The third-order valence-corrected chi connectivity index (χ3v) is 5.07. The van der Waals surface area contributed by atoms with E-state index in [1.807, 2.05) is 17.8 Å². The van der Waals surface area contributed by atoms with Gasteiger partial charge in [0.15, 0.2) is 0 Å². The van der Waals surface area contributed by atoms with Crippen LogP contribution in [0.25, 0.3) is 0 Å². The summed E-state index contributed by atoms with van der Waals surface area (Å²) >= 11 is 0. The SMILES string of the molecule is CCN1CCN(C(=O)N[C@@H]2CCN(C)C2=O)C[C@@H]1c1nccn1C. The van der Waals surface area contributed by atoms with Crippen LogP contribution in [-0.4, -0.2) is 82.0 Å². The van der Waals surface area contributed by atoms with Crippen molar-refractivity contribution in [2.75, 3.05) is 39.8 Å². The number of rotatable bonds is 3. The maximum absolute atomic E-state index is 12.6. The standard InChI is InChI=1S/C16H26N6O2/c1-4-21-9-10-22(11-13(21)14-17-6-8-19(14)2)16(24)18-12-5-7-20(3)15(12)23/h6,8,12-13H,4-5,7,9-11H2,1-3H3,(H,18,24)/t12-,13-/m1/s1. The lowest BCUT2D eigenvalue weighted by atomic mass is 10.1. The lowest BCUT2D eigenvalue weighted by Gasteiger charge is -2.40. The van der Waals surface area contributed by atoms with Gasteiger partial charge in [-0.3, -0.25) is 9.69 Å². The normalized spacial score (nSPS) is 25.4. The molecule has 2 atom stereocenters. The number of aromatic nitrogens is 2. The van der Waals surface area contributed by atoms with E-state index < -0.39 is 6.04 Å². The zero-order chi connectivity index (χ0) is 17.3. The zero-order valence-electron chi connectivity index (χ0n) is 14.6. The fraction of sp³-hybridized carbons (Fsp3) is 0.688. The molecule has 24 heavy (non-hydrogen) atoms. The molecule has 0 unspecified atom stereocenters. The van der Waals surface area contributed by atoms with E-state index in [9.17, 15) is 9.59 Å². The topological polar surface area (TPSA) is 73.7 Å². The molecule has 0 spiro atoms. The molecule has 0 bridgehead atoms. The first-order chi connectivity index (χ1) is 11.5. The number of hydrogen-bond acceptors (Lipinski definition) is 4. The summed E-state index contributed by atoms with van der Waals surface area (Å²) in [6, 6.07) is -0.464. The highest BCUT2D eigenvalue weighted by Crippen LogP contribution is 2.24. The molecule has 1 aromatic heterocycles. The molecule has 1 aromatic rings. The van der Waals surface area contributed by atoms with Gasteiger partial charge in [-0.15, -0.1) is 0 Å². The Morgan fingerprint density at radius 1 is 1.33 bits per heavy atom. The molecule has 0 saturated carbocycles. The smallest absolute Gasteiger partial charge is 0.318 e. The molecule has 0 aliphatic carbocycles. The summed E-state index contributed by atoms with van der Waals surface area (Å²) in [7, 11) is 3.74. The number of aryl methyl sites for hydroxylation is 1. The molecule has 1 N–H and O–H groups in total. The number of carbonyl (C=O) groups excluding carboxylic acids is 2. The first-order valence-corrected chi connectivity index (χ1v) is 8.53. The van der Waals surface area contributed by atoms with Crippen LogP contribution in [0.1, 0.15) is 25.2 Å². The number of likely N-dealkylation sites (N-methyl/N-ethyl adjacent to an activating group) is 2. The average molecular weight is 334 g/mol. The first kappa shape index (κ1) is 16.8. The number of urea groups is 1. The lowest BCUT2D eigenvalue weighted by molar-refractivity contribution is -0.128. The van der Waals surface area contributed by atoms with Crippen LogP contribution < -0.4 is 5.32 Å². The second-order valence-electron chi connectivity index (χ2n) is 6.54. The number of likely N-dealkylation sites (tertiary alicyclic amines) is 1. The highest BCUT2D eigenvalue weighted by molar-refractivity contribution is 5.88. The minimum atomic E-state index is -0.390. The summed E-state index contributed by atoms with van der Waals surface area (Å²) in [4.78, 5) is 34.8. The molecule has 3 rings (SSSR count). The van der Waals surface area contributed by atoms with Crippen LogP contribution in [0.3, 0.4) is 0 Å². The minimum Gasteiger partial charge on any atom is -0.344 e. The Hall–Kier alpha value is -2.09. The highest BCUT2D eigenvalue weighted by Gasteiger charge is 2.35. The summed E-state index contributed by atoms with van der Waals surface area (Å²) < 4.78 is 2.00.